The molecule has 31 heteroatoms. The Balaban J connectivity index is 0.000000105. The monoisotopic (exact) mass is 1870 g/mol. The van der Waals surface area contributed by atoms with E-state index in [0.29, 0.717) is 99.0 Å². The number of rotatable bonds is 22. The van der Waals surface area contributed by atoms with Gasteiger partial charge in [-0.2, -0.15) is 0 Å². The van der Waals surface area contributed by atoms with Crippen molar-refractivity contribution in [2.45, 2.75) is 351 Å². The summed E-state index contributed by atoms with van der Waals surface area (Å²) in [6.07, 6.45) is 42.8. The highest BCUT2D eigenvalue weighted by atomic mass is 35.5. The van der Waals surface area contributed by atoms with Crippen LogP contribution in [0.5, 0.6) is 0 Å². The Morgan fingerprint density at radius 3 is 0.938 bits per heavy atom. The summed E-state index contributed by atoms with van der Waals surface area (Å²) in [6.45, 7) is 21.2. The zero-order chi connectivity index (χ0) is 90.1. The van der Waals surface area contributed by atoms with Crippen molar-refractivity contribution in [3.05, 3.63) is 111 Å². The van der Waals surface area contributed by atoms with Crippen LogP contribution in [-0.4, -0.2) is 126 Å². The van der Waals surface area contributed by atoms with Gasteiger partial charge in [0.15, 0.2) is 28.2 Å². The number of ether oxygens (including phenoxy) is 3. The number of anilines is 5. The van der Waals surface area contributed by atoms with Crippen molar-refractivity contribution in [2.75, 3.05) is 26.6 Å². The van der Waals surface area contributed by atoms with Crippen LogP contribution in [0.4, 0.5) is 29.7 Å². The Kier molecular flexibility index (Phi) is 26.6. The van der Waals surface area contributed by atoms with E-state index in [-0.39, 0.29) is 58.3 Å². The first-order valence-corrected chi connectivity index (χ1v) is 50.4. The lowest BCUT2D eigenvalue weighted by Crippen LogP contribution is -2.47. The third kappa shape index (κ3) is 20.6. The molecule has 0 aromatic carbocycles. The van der Waals surface area contributed by atoms with Gasteiger partial charge < -0.3 is 24.8 Å². The first-order valence-electron chi connectivity index (χ1n) is 48.5. The molecule has 14 aliphatic rings. The topological polar surface area (TPSA) is 293 Å². The molecule has 10 aromatic rings. The molecule has 0 radical (unpaired) electrons. The predicted octanol–water partition coefficient (Wildman–Crippen LogP) is 25.0. The van der Waals surface area contributed by atoms with Gasteiger partial charge >= 0.3 is 0 Å². The third-order valence-electron chi connectivity index (χ3n) is 30.6. The Labute approximate surface area is 786 Å². The second-order valence-corrected chi connectivity index (χ2v) is 44.0. The number of nitrogens with zero attached hydrogens (tertiary/aromatic N) is 15. The van der Waals surface area contributed by atoms with E-state index in [1.165, 1.54) is 103 Å². The maximum atomic E-state index is 13.1. The molecule has 6 bridgehead atoms. The van der Waals surface area contributed by atoms with E-state index < -0.39 is 0 Å². The molecule has 694 valence electrons. The molecule has 3 saturated heterocycles. The number of pyridine rings is 5. The minimum atomic E-state index is -0.150. The maximum absolute atomic E-state index is 13.1. The van der Waals surface area contributed by atoms with Crippen LogP contribution < -0.4 is 26.6 Å². The molecule has 11 saturated carbocycles. The number of aromatic nitrogens is 15. The number of hydrogen-bond acceptors (Lipinski definition) is 18. The minimum Gasteiger partial charge on any atom is -0.372 e. The molecular weight excluding hydrogens is 1740 g/mol. The van der Waals surface area contributed by atoms with Gasteiger partial charge in [0.25, 0.3) is 0 Å². The van der Waals surface area contributed by atoms with Crippen molar-refractivity contribution in [2.24, 2.45) is 40.9 Å². The Hall–Kier alpha value is -8.08. The van der Waals surface area contributed by atoms with Crippen molar-refractivity contribution in [3.8, 4) is 0 Å². The van der Waals surface area contributed by atoms with E-state index in [9.17, 15) is 14.4 Å². The molecule has 6 atom stereocenters. The fourth-order valence-electron chi connectivity index (χ4n) is 23.7. The number of amides is 3. The summed E-state index contributed by atoms with van der Waals surface area (Å²) in [6, 6.07) is 20.2. The fourth-order valence-corrected chi connectivity index (χ4v) is 24.4. The first-order chi connectivity index (χ1) is 62.5. The maximum Gasteiger partial charge on any atom is 0.229 e. The van der Waals surface area contributed by atoms with Gasteiger partial charge in [-0.15, -0.1) is 0 Å². The summed E-state index contributed by atoms with van der Waals surface area (Å²) in [7, 11) is 0. The van der Waals surface area contributed by atoms with E-state index in [1.54, 1.807) is 30.3 Å². The molecular formula is C99H127Cl5N20O6. The van der Waals surface area contributed by atoms with E-state index in [2.05, 4.69) is 134 Å². The van der Waals surface area contributed by atoms with Crippen LogP contribution >= 0.6 is 58.0 Å². The van der Waals surface area contributed by atoms with Gasteiger partial charge in [0.1, 0.15) is 53.3 Å². The summed E-state index contributed by atoms with van der Waals surface area (Å²) in [4.78, 5) is 84.2. The number of carbonyl (C=O) groups is 3. The van der Waals surface area contributed by atoms with Gasteiger partial charge in [-0.05, 0) is 349 Å². The van der Waals surface area contributed by atoms with E-state index in [4.69, 9.17) is 87.2 Å². The Morgan fingerprint density at radius 1 is 0.338 bits per heavy atom. The average Bonchev–Trinajstić information content (AvgIpc) is 1.14. The summed E-state index contributed by atoms with van der Waals surface area (Å²) in [5.41, 5.74) is 10.0. The highest BCUT2D eigenvalue weighted by Gasteiger charge is 2.52. The Morgan fingerprint density at radius 2 is 0.646 bits per heavy atom. The van der Waals surface area contributed by atoms with Crippen LogP contribution in [0, 0.1) is 40.9 Å². The Bertz CT molecular complexity index is 5700. The number of carbonyl (C=O) groups excluding carboxylic acids is 3. The molecule has 11 aliphatic carbocycles. The van der Waals surface area contributed by atoms with Crippen LogP contribution in [0.3, 0.4) is 0 Å². The quantitative estimate of drug-likeness (QED) is 0.0394. The van der Waals surface area contributed by atoms with Crippen molar-refractivity contribution in [1.82, 2.24) is 72.7 Å². The lowest BCUT2D eigenvalue weighted by Gasteiger charge is -2.56. The van der Waals surface area contributed by atoms with Crippen LogP contribution in [0.15, 0.2) is 85.2 Å². The van der Waals surface area contributed by atoms with Crippen LogP contribution in [0.2, 0.25) is 25.8 Å². The largest absolute Gasteiger partial charge is 0.372 e. The molecule has 26 nitrogen and oxygen atoms in total. The zero-order valence-corrected chi connectivity index (χ0v) is 80.0. The number of halogens is 5. The van der Waals surface area contributed by atoms with Gasteiger partial charge in [0.2, 0.25) is 47.5 Å². The van der Waals surface area contributed by atoms with E-state index in [0.717, 1.165) is 231 Å². The fraction of sp³-hybridized carbons (Fsp3) is 0.626. The second-order valence-electron chi connectivity index (χ2n) is 42.1. The highest BCUT2D eigenvalue weighted by Crippen LogP contribution is 2.62. The lowest BCUT2D eigenvalue weighted by atomic mass is 9.49. The normalized spacial score (nSPS) is 26.4. The van der Waals surface area contributed by atoms with Crippen LogP contribution in [0.25, 0.3) is 55.8 Å². The molecule has 5 unspecified atom stereocenters. The number of hydrogen-bond donors (Lipinski definition) is 5. The van der Waals surface area contributed by atoms with Crippen LogP contribution in [0.1, 0.15) is 316 Å². The standard InChI is InChI=1S/C22H27ClN4O.C20H27ClN4O.C19H25ClN4O2.C19H23ClN4O.C19H25ClN4O/c23-18-5-4-17-20(25-18)27(16-2-1-3-16)21(24-17)26-19(28)12-22-9-13-6-14(10-22)8-15(7-13)11-22;1-13(12-15-8-5-11-20(2,3)26-15)22-19-23-16-9-10-17(21)24-18(16)25(19)14-6-4-7-14;1-19(2)10-4-7-13(26-19)11-16(25)23-18-21-14-8-9-15(20)22-17(14)24(18)12-5-3-6-12;20-16-7-6-15-18(22-16)24(14-2-1-3-14)19(21-15)23-17(25)10-13-9-11-4-5-12(13)8-11;1-12(11-14-9-10-19(2,3)25-14)21-18-22-15-7-8-16(20)23-17(15)24(18)13-5-4-6-13/h4-5,13-16H,1-3,6-12H2,(H,24,26,28);9-10,14-15H,1,4-8,11-12H2,2-3H3,(H,22,23);8-9,12-13H,3-7,10-11H2,1-2H3,(H,21,23,25);6-7,11-14H,1-5,8-10H2,(H,21,23,25);7-8,13-14H,1,4-6,9-11H2,2-3H3,(H,21,22)/t;15-;;;/m.1.../s1. The lowest BCUT2D eigenvalue weighted by molar-refractivity contribution is -0.131. The van der Waals surface area contributed by atoms with Crippen molar-refractivity contribution >= 4 is 161 Å². The number of fused-ring (bicyclic) bond motifs is 7. The second kappa shape index (κ2) is 38.0. The molecule has 3 aliphatic heterocycles. The molecule has 3 amide bonds. The molecule has 5 N–H and O–H groups in total. The molecule has 130 heavy (non-hydrogen) atoms. The van der Waals surface area contributed by atoms with Crippen LogP contribution in [-0.2, 0) is 28.6 Å². The van der Waals surface area contributed by atoms with Gasteiger partial charge in [0, 0.05) is 67.3 Å². The average molecular weight is 1870 g/mol. The van der Waals surface area contributed by atoms with Gasteiger partial charge in [-0.25, -0.2) is 49.8 Å². The molecule has 24 rings (SSSR count). The molecule has 0 spiro atoms. The minimum absolute atomic E-state index is 0.0231. The molecule has 10 aromatic heterocycles. The van der Waals surface area contributed by atoms with Gasteiger partial charge in [-0.3, -0.25) is 53.2 Å². The van der Waals surface area contributed by atoms with Crippen molar-refractivity contribution in [1.29, 1.82) is 0 Å². The SMILES string of the molecule is C=C(CC1CCC(C)(C)O1)Nc1nc2ccc(Cl)nc2n1C1CCC1.C=C(C[C@H]1CCCC(C)(C)O1)Nc1nc2ccc(Cl)nc2n1C1CCC1.CC1(C)CCCC(CC(=O)Nc2nc3ccc(Cl)nc3n2C2CCC2)O1.O=C(CC12CC3CC(CC(C3)C1)C2)Nc1nc2ccc(Cl)nc2n1C1CCC1.O=C(CC1CC2CCC1C2)Nc1nc2ccc(Cl)nc2n1C1CCC1. The summed E-state index contributed by atoms with van der Waals surface area (Å²) in [5.74, 6) is 8.46. The summed E-state index contributed by atoms with van der Waals surface area (Å²) >= 11 is 30.5. The summed E-state index contributed by atoms with van der Waals surface area (Å²) in [5, 5.41) is 18.5. The van der Waals surface area contributed by atoms with Crippen molar-refractivity contribution < 1.29 is 28.6 Å². The number of nitrogens with one attached hydrogen (secondary N) is 5. The van der Waals surface area contributed by atoms with E-state index in [1.807, 2.05) is 34.9 Å². The predicted molar refractivity (Wildman–Crippen MR) is 515 cm³/mol. The van der Waals surface area contributed by atoms with Gasteiger partial charge in [0.05, 0.1) is 41.5 Å². The van der Waals surface area contributed by atoms with Crippen molar-refractivity contribution in [3.63, 3.8) is 0 Å². The molecule has 14 fully saturated rings. The third-order valence-corrected chi connectivity index (χ3v) is 31.6. The molecule has 13 heterocycles. The summed E-state index contributed by atoms with van der Waals surface area (Å²) < 4.78 is 29.0. The first kappa shape index (κ1) is 91.1. The van der Waals surface area contributed by atoms with E-state index >= 15 is 0 Å². The highest BCUT2D eigenvalue weighted by molar-refractivity contribution is 6.31. The van der Waals surface area contributed by atoms with Gasteiger partial charge in [-0.1, -0.05) is 77.6 Å². The number of imidazole rings is 5. The zero-order valence-electron chi connectivity index (χ0n) is 76.2. The smallest absolute Gasteiger partial charge is 0.229 e.